The van der Waals surface area contributed by atoms with Crippen molar-refractivity contribution in [3.63, 3.8) is 0 Å². The SMILES string of the molecule is CCNC(C)(C#N)CCCOc1ccc(CCOC)cc1. The summed E-state index contributed by atoms with van der Waals surface area (Å²) in [6, 6.07) is 10.4. The number of nitrogens with zero attached hydrogens (tertiary/aromatic N) is 1. The molecule has 1 atom stereocenters. The highest BCUT2D eigenvalue weighted by Gasteiger charge is 2.21. The normalized spacial score (nSPS) is 13.4. The van der Waals surface area contributed by atoms with Crippen LogP contribution in [0.15, 0.2) is 24.3 Å². The Kier molecular flexibility index (Phi) is 7.81. The zero-order valence-corrected chi connectivity index (χ0v) is 13.3. The summed E-state index contributed by atoms with van der Waals surface area (Å²) in [5, 5.41) is 12.4. The minimum absolute atomic E-state index is 0.456. The molecule has 116 valence electrons. The van der Waals surface area contributed by atoms with Crippen molar-refractivity contribution in [2.75, 3.05) is 26.9 Å². The third kappa shape index (κ3) is 6.61. The predicted octanol–water partition coefficient (Wildman–Crippen LogP) is 2.93. The number of hydrogen-bond acceptors (Lipinski definition) is 4. The van der Waals surface area contributed by atoms with Gasteiger partial charge in [0.2, 0.25) is 0 Å². The highest BCUT2D eigenvalue weighted by atomic mass is 16.5. The molecular formula is C17H26N2O2. The van der Waals surface area contributed by atoms with E-state index in [1.54, 1.807) is 7.11 Å². The third-order valence-corrected chi connectivity index (χ3v) is 3.42. The summed E-state index contributed by atoms with van der Waals surface area (Å²) in [7, 11) is 1.71. The molecule has 0 aliphatic rings. The molecule has 0 bridgehead atoms. The van der Waals surface area contributed by atoms with Crippen LogP contribution in [0.3, 0.4) is 0 Å². The van der Waals surface area contributed by atoms with Crippen LogP contribution in [0.2, 0.25) is 0 Å². The van der Waals surface area contributed by atoms with Gasteiger partial charge in [-0.25, -0.2) is 0 Å². The summed E-state index contributed by atoms with van der Waals surface area (Å²) >= 11 is 0. The second-order valence-corrected chi connectivity index (χ2v) is 5.31. The maximum absolute atomic E-state index is 9.17. The van der Waals surface area contributed by atoms with Crippen LogP contribution in [0, 0.1) is 11.3 Å². The standard InChI is InChI=1S/C17H26N2O2/c1-4-19-17(2,14-18)11-5-12-21-16-8-6-15(7-9-16)10-13-20-3/h6-9,19H,4-5,10-13H2,1-3H3. The molecule has 0 radical (unpaired) electrons. The van der Waals surface area contributed by atoms with Gasteiger partial charge in [-0.1, -0.05) is 19.1 Å². The number of rotatable bonds is 10. The van der Waals surface area contributed by atoms with E-state index in [1.165, 1.54) is 5.56 Å². The molecular weight excluding hydrogens is 264 g/mol. The van der Waals surface area contributed by atoms with Gasteiger partial charge in [0, 0.05) is 7.11 Å². The van der Waals surface area contributed by atoms with Gasteiger partial charge in [0.1, 0.15) is 11.3 Å². The van der Waals surface area contributed by atoms with E-state index in [9.17, 15) is 5.26 Å². The molecule has 0 saturated heterocycles. The van der Waals surface area contributed by atoms with Gasteiger partial charge >= 0.3 is 0 Å². The summed E-state index contributed by atoms with van der Waals surface area (Å²) in [5.74, 6) is 0.873. The average molecular weight is 290 g/mol. The van der Waals surface area contributed by atoms with Crippen LogP contribution in [0.25, 0.3) is 0 Å². The van der Waals surface area contributed by atoms with Crippen molar-refractivity contribution in [1.82, 2.24) is 5.32 Å². The minimum atomic E-state index is -0.456. The van der Waals surface area contributed by atoms with Crippen LogP contribution in [0.4, 0.5) is 0 Å². The fraction of sp³-hybridized carbons (Fsp3) is 0.588. The van der Waals surface area contributed by atoms with Gasteiger partial charge in [-0.05, 0) is 50.4 Å². The Morgan fingerprint density at radius 3 is 2.52 bits per heavy atom. The first-order valence-corrected chi connectivity index (χ1v) is 7.50. The molecule has 0 aliphatic heterocycles. The van der Waals surface area contributed by atoms with Crippen LogP contribution in [-0.2, 0) is 11.2 Å². The maximum atomic E-state index is 9.17. The van der Waals surface area contributed by atoms with E-state index in [0.717, 1.165) is 38.2 Å². The van der Waals surface area contributed by atoms with E-state index in [0.29, 0.717) is 6.61 Å². The lowest BCUT2D eigenvalue weighted by atomic mass is 9.98. The van der Waals surface area contributed by atoms with Gasteiger partial charge < -0.3 is 9.47 Å². The van der Waals surface area contributed by atoms with Gasteiger partial charge in [-0.3, -0.25) is 5.32 Å². The summed E-state index contributed by atoms with van der Waals surface area (Å²) < 4.78 is 10.8. The zero-order chi connectivity index (χ0) is 15.6. The molecule has 0 aliphatic carbocycles. The average Bonchev–Trinajstić information content (AvgIpc) is 2.51. The van der Waals surface area contributed by atoms with Gasteiger partial charge in [0.15, 0.2) is 0 Å². The van der Waals surface area contributed by atoms with E-state index in [4.69, 9.17) is 9.47 Å². The Balaban J connectivity index is 2.31. The lowest BCUT2D eigenvalue weighted by Crippen LogP contribution is -2.40. The van der Waals surface area contributed by atoms with Crippen LogP contribution < -0.4 is 10.1 Å². The summed E-state index contributed by atoms with van der Waals surface area (Å²) in [6.45, 7) is 6.10. The van der Waals surface area contributed by atoms with E-state index in [2.05, 4.69) is 23.5 Å². The van der Waals surface area contributed by atoms with Crippen LogP contribution in [0.1, 0.15) is 32.3 Å². The van der Waals surface area contributed by atoms with Crippen LogP contribution >= 0.6 is 0 Å². The second kappa shape index (κ2) is 9.38. The van der Waals surface area contributed by atoms with Crippen LogP contribution in [0.5, 0.6) is 5.75 Å². The van der Waals surface area contributed by atoms with Gasteiger partial charge in [-0.15, -0.1) is 0 Å². The van der Waals surface area contributed by atoms with Crippen molar-refractivity contribution in [2.24, 2.45) is 0 Å². The molecule has 1 N–H and O–H groups in total. The number of nitrogens with one attached hydrogen (secondary N) is 1. The quantitative estimate of drug-likeness (QED) is 0.673. The molecule has 0 aromatic heterocycles. The molecule has 1 aromatic carbocycles. The zero-order valence-electron chi connectivity index (χ0n) is 13.3. The highest BCUT2D eigenvalue weighted by Crippen LogP contribution is 2.15. The minimum Gasteiger partial charge on any atom is -0.494 e. The Bertz CT molecular complexity index is 439. The molecule has 0 fully saturated rings. The fourth-order valence-electron chi connectivity index (χ4n) is 2.16. The van der Waals surface area contributed by atoms with Crippen molar-refractivity contribution >= 4 is 0 Å². The topological polar surface area (TPSA) is 54.3 Å². The predicted molar refractivity (Wildman–Crippen MR) is 84.4 cm³/mol. The van der Waals surface area contributed by atoms with Crippen molar-refractivity contribution in [1.29, 1.82) is 5.26 Å². The number of ether oxygens (including phenoxy) is 2. The van der Waals surface area contributed by atoms with E-state index in [1.807, 2.05) is 26.0 Å². The smallest absolute Gasteiger partial charge is 0.119 e. The summed E-state index contributed by atoms with van der Waals surface area (Å²) in [6.07, 6.45) is 2.55. The third-order valence-electron chi connectivity index (χ3n) is 3.42. The van der Waals surface area contributed by atoms with Gasteiger partial charge in [-0.2, -0.15) is 5.26 Å². The summed E-state index contributed by atoms with van der Waals surface area (Å²) in [4.78, 5) is 0. The molecule has 0 amide bonds. The first-order valence-electron chi connectivity index (χ1n) is 7.50. The highest BCUT2D eigenvalue weighted by molar-refractivity contribution is 5.27. The molecule has 4 heteroatoms. The van der Waals surface area contributed by atoms with Crippen molar-refractivity contribution < 1.29 is 9.47 Å². The molecule has 0 spiro atoms. The first-order chi connectivity index (χ1) is 10.1. The maximum Gasteiger partial charge on any atom is 0.119 e. The number of nitriles is 1. The molecule has 1 aromatic rings. The second-order valence-electron chi connectivity index (χ2n) is 5.31. The van der Waals surface area contributed by atoms with Crippen molar-refractivity contribution in [3.8, 4) is 11.8 Å². The van der Waals surface area contributed by atoms with Gasteiger partial charge in [0.25, 0.3) is 0 Å². The van der Waals surface area contributed by atoms with E-state index < -0.39 is 5.54 Å². The molecule has 0 saturated carbocycles. The lowest BCUT2D eigenvalue weighted by Gasteiger charge is -2.22. The molecule has 21 heavy (non-hydrogen) atoms. The molecule has 1 unspecified atom stereocenters. The monoisotopic (exact) mass is 290 g/mol. The summed E-state index contributed by atoms with van der Waals surface area (Å²) in [5.41, 5.74) is 0.788. The van der Waals surface area contributed by atoms with Crippen molar-refractivity contribution in [3.05, 3.63) is 29.8 Å². The van der Waals surface area contributed by atoms with Gasteiger partial charge in [0.05, 0.1) is 19.3 Å². The molecule has 0 heterocycles. The van der Waals surface area contributed by atoms with Crippen LogP contribution in [-0.4, -0.2) is 32.4 Å². The number of benzene rings is 1. The Morgan fingerprint density at radius 2 is 1.95 bits per heavy atom. The largest absolute Gasteiger partial charge is 0.494 e. The Labute approximate surface area is 128 Å². The Hall–Kier alpha value is -1.57. The van der Waals surface area contributed by atoms with E-state index in [-0.39, 0.29) is 0 Å². The van der Waals surface area contributed by atoms with Crippen molar-refractivity contribution in [2.45, 2.75) is 38.6 Å². The number of hydrogen-bond donors (Lipinski definition) is 1. The molecule has 4 nitrogen and oxygen atoms in total. The fourth-order valence-corrected chi connectivity index (χ4v) is 2.16. The first kappa shape index (κ1) is 17.5. The lowest BCUT2D eigenvalue weighted by molar-refractivity contribution is 0.202. The van der Waals surface area contributed by atoms with E-state index >= 15 is 0 Å². The number of methoxy groups -OCH3 is 1. The molecule has 1 rings (SSSR count). The Morgan fingerprint density at radius 1 is 1.24 bits per heavy atom.